The van der Waals surface area contributed by atoms with Crippen molar-refractivity contribution < 1.29 is 34.8 Å². The molecule has 23 heavy (non-hydrogen) atoms. The van der Waals surface area contributed by atoms with Crippen LogP contribution in [0.2, 0.25) is 0 Å². The summed E-state index contributed by atoms with van der Waals surface area (Å²) in [5.74, 6) is 2.70. The molecule has 0 spiro atoms. The summed E-state index contributed by atoms with van der Waals surface area (Å²) in [4.78, 5) is 15.5. The maximum atomic E-state index is 7.75. The monoisotopic (exact) mass is 508 g/mol. The number of aliphatic hydroxyl groups excluding tert-OH is 1. The Morgan fingerprint density at radius 2 is 0.652 bits per heavy atom. The van der Waals surface area contributed by atoms with Gasteiger partial charge in [0.2, 0.25) is 0 Å². The number of hydrogen-bond acceptors (Lipinski definition) is 3. The molecule has 0 aromatic carbocycles. The van der Waals surface area contributed by atoms with Crippen molar-refractivity contribution in [1.82, 2.24) is 0 Å². The van der Waals surface area contributed by atoms with E-state index in [2.05, 4.69) is 75.9 Å². The molecule has 1 fully saturated rings. The molecule has 0 heterocycles. The third kappa shape index (κ3) is 11.2. The number of carbonyl (C=O) groups excluding carboxylic acids is 2. The van der Waals surface area contributed by atoms with Crippen molar-refractivity contribution in [2.45, 2.75) is 62.3 Å². The van der Waals surface area contributed by atoms with E-state index in [1.54, 1.807) is 0 Å². The van der Waals surface area contributed by atoms with Crippen LogP contribution in [-0.4, -0.2) is 25.8 Å². The van der Waals surface area contributed by atoms with Crippen molar-refractivity contribution in [2.75, 3.05) is 7.11 Å². The normalized spacial score (nSPS) is 22.1. The zero-order valence-electron chi connectivity index (χ0n) is 17.0. The second kappa shape index (κ2) is 13.3. The topological polar surface area (TPSA) is 54.4 Å². The fraction of sp³-hybridized carbons (Fsp3) is 0.842. The van der Waals surface area contributed by atoms with Crippen LogP contribution in [0.25, 0.3) is 0 Å². The first-order chi connectivity index (χ1) is 9.37. The molecule has 0 amide bonds. The van der Waals surface area contributed by atoms with Gasteiger partial charge in [0.05, 0.1) is 0 Å². The Hall–Kier alpha value is -0.0506. The molecule has 0 radical (unpaired) electrons. The van der Waals surface area contributed by atoms with E-state index in [-0.39, 0.29) is 27.5 Å². The van der Waals surface area contributed by atoms with E-state index in [9.17, 15) is 0 Å². The Bertz CT molecular complexity index is 221. The molecule has 3 nitrogen and oxygen atoms in total. The zero-order valence-corrected chi connectivity index (χ0v) is 19.4. The van der Waals surface area contributed by atoms with Gasteiger partial charge < -0.3 is 22.1 Å². The van der Waals surface area contributed by atoms with Crippen molar-refractivity contribution in [3.63, 3.8) is 0 Å². The first-order valence-electron chi connectivity index (χ1n) is 7.28. The maximum Gasteiger partial charge on any atom is 3.00 e. The van der Waals surface area contributed by atoms with E-state index in [1.165, 1.54) is 0 Å². The van der Waals surface area contributed by atoms with Crippen LogP contribution in [0.4, 0.5) is 0 Å². The summed E-state index contributed by atoms with van der Waals surface area (Å²) in [5.41, 5.74) is 1.40. The summed E-state index contributed by atoms with van der Waals surface area (Å²) in [7, 11) is 1.00. The molecule has 1 aliphatic rings. The van der Waals surface area contributed by atoms with Gasteiger partial charge in [-0.05, 0) is 34.0 Å². The predicted molar refractivity (Wildman–Crippen MR) is 96.9 cm³/mol. The maximum absolute atomic E-state index is 7.75. The Morgan fingerprint density at radius 1 is 0.565 bits per heavy atom. The Balaban J connectivity index is -0.000000121. The average Bonchev–Trinajstić information content (AvgIpc) is 3.11. The molecule has 1 saturated carbocycles. The minimum atomic E-state index is 0. The average molecular weight is 508 g/mol. The quantitative estimate of drug-likeness (QED) is 0.388. The molecule has 142 valence electrons. The van der Waals surface area contributed by atoms with Crippen LogP contribution in [0.5, 0.6) is 0 Å². The fourth-order valence-electron chi connectivity index (χ4n) is 3.54. The molecule has 1 rings (SSSR count). The first kappa shape index (κ1) is 34.3. The minimum absolute atomic E-state index is 0. The van der Waals surface area contributed by atoms with Crippen LogP contribution in [0, 0.1) is 41.4 Å². The fourth-order valence-corrected chi connectivity index (χ4v) is 3.54. The van der Waals surface area contributed by atoms with Crippen molar-refractivity contribution in [3.05, 3.63) is 7.43 Å². The summed E-state index contributed by atoms with van der Waals surface area (Å²) < 4.78 is 0. The van der Waals surface area contributed by atoms with E-state index in [0.29, 0.717) is 16.2 Å². The van der Waals surface area contributed by atoms with Gasteiger partial charge in [0, 0.05) is 7.11 Å². The smallest absolute Gasteiger partial charge is 0.545 e. The van der Waals surface area contributed by atoms with Crippen molar-refractivity contribution >= 4 is 13.6 Å². The van der Waals surface area contributed by atoms with Crippen LogP contribution in [0.15, 0.2) is 0 Å². The van der Waals surface area contributed by atoms with E-state index in [1.807, 2.05) is 0 Å². The molecule has 0 aliphatic heterocycles. The molecule has 0 aromatic heterocycles. The van der Waals surface area contributed by atoms with E-state index >= 15 is 0 Å². The minimum Gasteiger partial charge on any atom is -0.545 e. The summed E-state index contributed by atoms with van der Waals surface area (Å²) in [6, 6.07) is 0. The van der Waals surface area contributed by atoms with E-state index in [0.717, 1.165) is 24.9 Å². The van der Waals surface area contributed by atoms with Gasteiger partial charge in [-0.3, -0.25) is 13.6 Å². The van der Waals surface area contributed by atoms with Gasteiger partial charge in [0.1, 0.15) is 0 Å². The third-order valence-electron chi connectivity index (χ3n) is 4.02. The largest absolute Gasteiger partial charge is 3.00 e. The molecule has 1 aliphatic carbocycles. The number of aliphatic hydroxyl groups is 1. The molecule has 0 aromatic rings. The van der Waals surface area contributed by atoms with Crippen LogP contribution >= 0.6 is 0 Å². The van der Waals surface area contributed by atoms with Crippen LogP contribution in [0.3, 0.4) is 0 Å². The van der Waals surface area contributed by atoms with E-state index < -0.39 is 0 Å². The zero-order chi connectivity index (χ0) is 18.2. The molecule has 4 heteroatoms. The second-order valence-electron chi connectivity index (χ2n) is 8.68. The van der Waals surface area contributed by atoms with Gasteiger partial charge in [-0.25, -0.2) is 0 Å². The standard InChI is InChI=1S/C15H30.CH4O.2CHO.CH3.Ir/c1-13(2,3)10-11(14(4,5)6)12(10)15(7,8)9;3*1-2;;/h10-12H,1-9H3;2H,1H3;2*1H;1H3;/q;;3*-1;+3. The van der Waals surface area contributed by atoms with Gasteiger partial charge in [-0.15, -0.1) is 0 Å². The summed E-state index contributed by atoms with van der Waals surface area (Å²) in [6.45, 7) is 28.1. The molecule has 1 N–H and O–H groups in total. The molecule has 0 unspecified atom stereocenters. The van der Waals surface area contributed by atoms with Crippen LogP contribution in [-0.2, 0) is 29.7 Å². The second-order valence-corrected chi connectivity index (χ2v) is 8.68. The Kier molecular flexibility index (Phi) is 19.8. The van der Waals surface area contributed by atoms with Crippen molar-refractivity contribution in [3.8, 4) is 0 Å². The number of hydrogen-bond donors (Lipinski definition) is 1. The van der Waals surface area contributed by atoms with E-state index in [4.69, 9.17) is 14.7 Å². The third-order valence-corrected chi connectivity index (χ3v) is 4.02. The van der Waals surface area contributed by atoms with Crippen LogP contribution in [0.1, 0.15) is 62.3 Å². The van der Waals surface area contributed by atoms with Gasteiger partial charge in [0.25, 0.3) is 0 Å². The molecule has 0 atom stereocenters. The van der Waals surface area contributed by atoms with Gasteiger partial charge in [0.15, 0.2) is 0 Å². The molecular weight excluding hydrogens is 468 g/mol. The predicted octanol–water partition coefficient (Wildman–Crippen LogP) is 4.49. The van der Waals surface area contributed by atoms with Crippen molar-refractivity contribution in [1.29, 1.82) is 0 Å². The van der Waals surface area contributed by atoms with Crippen molar-refractivity contribution in [2.24, 2.45) is 34.0 Å². The summed E-state index contributed by atoms with van der Waals surface area (Å²) in [6.07, 6.45) is 0. The van der Waals surface area contributed by atoms with Gasteiger partial charge in [-0.2, -0.15) is 0 Å². The molecule has 0 saturated heterocycles. The molecular formula is C19H39IrO3. The molecule has 0 bridgehead atoms. The van der Waals surface area contributed by atoms with Gasteiger partial charge >= 0.3 is 20.1 Å². The Morgan fingerprint density at radius 3 is 0.696 bits per heavy atom. The summed E-state index contributed by atoms with van der Waals surface area (Å²) >= 11 is 0. The summed E-state index contributed by atoms with van der Waals surface area (Å²) in [5, 5.41) is 7.00. The Labute approximate surface area is 159 Å². The SMILES string of the molecule is CC(C)(C)C1C(C(C)(C)C)C1C(C)(C)C.CO.[CH-]=O.[CH-]=O.[CH3-].[Ir+3]. The van der Waals surface area contributed by atoms with Crippen LogP contribution < -0.4 is 0 Å². The first-order valence-corrected chi connectivity index (χ1v) is 7.28. The van der Waals surface area contributed by atoms with Gasteiger partial charge in [-0.1, -0.05) is 62.3 Å². The number of rotatable bonds is 0.